The second-order valence-electron chi connectivity index (χ2n) is 6.85. The average molecular weight is 333 g/mol. The molecule has 1 amide bonds. The molecular weight excluding hydrogens is 310 g/mol. The van der Waals surface area contributed by atoms with Crippen LogP contribution < -0.4 is 0 Å². The molecule has 3 rings (SSSR count). The van der Waals surface area contributed by atoms with Gasteiger partial charge in [0.1, 0.15) is 5.72 Å². The number of nitrogens with zero attached hydrogens (tertiary/aromatic N) is 1. The maximum atomic E-state index is 12.2. The summed E-state index contributed by atoms with van der Waals surface area (Å²) in [7, 11) is 0. The predicted octanol–water partition coefficient (Wildman–Crippen LogP) is 3.07. The van der Waals surface area contributed by atoms with Crippen LogP contribution in [0.1, 0.15) is 50.8 Å². The number of carboxylic acid groups (broad SMARTS) is 1. The second kappa shape index (κ2) is 5.77. The number of benzene rings is 1. The van der Waals surface area contributed by atoms with Gasteiger partial charge in [-0.2, -0.15) is 0 Å². The zero-order chi connectivity index (χ0) is 17.5. The molecule has 2 aliphatic rings. The fourth-order valence-corrected chi connectivity index (χ4v) is 3.44. The van der Waals surface area contributed by atoms with E-state index in [1.165, 1.54) is 4.90 Å². The fraction of sp³-hybridized carbons (Fsp3) is 0.556. The van der Waals surface area contributed by atoms with E-state index in [9.17, 15) is 14.7 Å². The minimum absolute atomic E-state index is 0.171. The highest BCUT2D eigenvalue weighted by Crippen LogP contribution is 2.49. The Bertz CT molecular complexity index is 648. The number of amides is 1. The lowest BCUT2D eigenvalue weighted by Gasteiger charge is -2.31. The highest BCUT2D eigenvalue weighted by atomic mass is 16.5. The van der Waals surface area contributed by atoms with Crippen molar-refractivity contribution in [3.8, 4) is 0 Å². The van der Waals surface area contributed by atoms with Gasteiger partial charge in [0.2, 0.25) is 0 Å². The summed E-state index contributed by atoms with van der Waals surface area (Å²) in [6.45, 7) is 5.99. The van der Waals surface area contributed by atoms with Gasteiger partial charge >= 0.3 is 12.1 Å². The van der Waals surface area contributed by atoms with Crippen molar-refractivity contribution in [2.75, 3.05) is 13.2 Å². The Labute approximate surface area is 141 Å². The molecule has 1 aliphatic carbocycles. The van der Waals surface area contributed by atoms with Crippen LogP contribution in [0.5, 0.6) is 0 Å². The third-order valence-corrected chi connectivity index (χ3v) is 4.96. The van der Waals surface area contributed by atoms with Crippen LogP contribution in [0.4, 0.5) is 4.79 Å². The van der Waals surface area contributed by atoms with Gasteiger partial charge in [0.15, 0.2) is 0 Å². The van der Waals surface area contributed by atoms with Crippen LogP contribution in [-0.2, 0) is 19.7 Å². The zero-order valence-corrected chi connectivity index (χ0v) is 14.2. The van der Waals surface area contributed by atoms with E-state index >= 15 is 0 Å². The van der Waals surface area contributed by atoms with Crippen LogP contribution in [0, 0.1) is 0 Å². The van der Waals surface area contributed by atoms with Crippen molar-refractivity contribution >= 4 is 12.1 Å². The SMILES string of the molecule is CCOC(=O)C1(c2ccc([C@H]3COC(C)(C)N3C(=O)O)cc2)CC1. The molecule has 1 N–H and O–H groups in total. The first-order chi connectivity index (χ1) is 11.3. The molecule has 1 aliphatic heterocycles. The van der Waals surface area contributed by atoms with E-state index in [0.717, 1.165) is 24.0 Å². The van der Waals surface area contributed by atoms with E-state index in [1.807, 2.05) is 24.3 Å². The number of hydrogen-bond acceptors (Lipinski definition) is 4. The van der Waals surface area contributed by atoms with Gasteiger partial charge in [0.05, 0.1) is 24.7 Å². The molecular formula is C18H23NO5. The quantitative estimate of drug-likeness (QED) is 0.857. The van der Waals surface area contributed by atoms with Gasteiger partial charge in [0, 0.05) is 0 Å². The van der Waals surface area contributed by atoms with Crippen molar-refractivity contribution in [2.24, 2.45) is 0 Å². The van der Waals surface area contributed by atoms with Crippen LogP contribution >= 0.6 is 0 Å². The monoisotopic (exact) mass is 333 g/mol. The summed E-state index contributed by atoms with van der Waals surface area (Å²) in [5, 5.41) is 9.49. The van der Waals surface area contributed by atoms with Gasteiger partial charge in [-0.3, -0.25) is 9.69 Å². The molecule has 1 aromatic rings. The van der Waals surface area contributed by atoms with E-state index in [4.69, 9.17) is 9.47 Å². The van der Waals surface area contributed by atoms with Gasteiger partial charge in [-0.05, 0) is 44.7 Å². The molecule has 1 atom stereocenters. The Balaban J connectivity index is 1.83. The van der Waals surface area contributed by atoms with Crippen molar-refractivity contribution in [3.05, 3.63) is 35.4 Å². The third-order valence-electron chi connectivity index (χ3n) is 4.96. The van der Waals surface area contributed by atoms with Gasteiger partial charge < -0.3 is 14.6 Å². The molecule has 1 heterocycles. The van der Waals surface area contributed by atoms with E-state index in [1.54, 1.807) is 20.8 Å². The summed E-state index contributed by atoms with van der Waals surface area (Å²) in [6.07, 6.45) is 0.592. The summed E-state index contributed by atoms with van der Waals surface area (Å²) < 4.78 is 10.8. The largest absolute Gasteiger partial charge is 0.465 e. The van der Waals surface area contributed by atoms with E-state index in [-0.39, 0.29) is 12.0 Å². The molecule has 24 heavy (non-hydrogen) atoms. The van der Waals surface area contributed by atoms with Gasteiger partial charge in [-0.1, -0.05) is 24.3 Å². The number of esters is 1. The maximum Gasteiger partial charge on any atom is 0.410 e. The topological polar surface area (TPSA) is 76.1 Å². The molecule has 0 bridgehead atoms. The summed E-state index contributed by atoms with van der Waals surface area (Å²) in [4.78, 5) is 25.1. The van der Waals surface area contributed by atoms with Crippen LogP contribution in [0.2, 0.25) is 0 Å². The Kier molecular flexibility index (Phi) is 4.03. The Morgan fingerprint density at radius 3 is 2.42 bits per heavy atom. The van der Waals surface area contributed by atoms with Crippen molar-refractivity contribution in [1.82, 2.24) is 4.90 Å². The molecule has 0 spiro atoms. The second-order valence-corrected chi connectivity index (χ2v) is 6.85. The summed E-state index contributed by atoms with van der Waals surface area (Å²) >= 11 is 0. The zero-order valence-electron chi connectivity index (χ0n) is 14.2. The van der Waals surface area contributed by atoms with E-state index in [0.29, 0.717) is 13.2 Å². The van der Waals surface area contributed by atoms with Crippen molar-refractivity contribution in [3.63, 3.8) is 0 Å². The van der Waals surface area contributed by atoms with Crippen molar-refractivity contribution in [2.45, 2.75) is 50.8 Å². The third kappa shape index (κ3) is 2.65. The first-order valence-electron chi connectivity index (χ1n) is 8.26. The van der Waals surface area contributed by atoms with Gasteiger partial charge in [-0.25, -0.2) is 4.79 Å². The Hall–Kier alpha value is -2.08. The molecule has 1 saturated heterocycles. The molecule has 1 aromatic carbocycles. The Morgan fingerprint density at radius 2 is 1.92 bits per heavy atom. The molecule has 6 nitrogen and oxygen atoms in total. The summed E-state index contributed by atoms with van der Waals surface area (Å²) in [6, 6.07) is 7.25. The normalized spacial score (nSPS) is 23.8. The molecule has 0 unspecified atom stereocenters. The first kappa shape index (κ1) is 16.8. The molecule has 0 aromatic heterocycles. The van der Waals surface area contributed by atoms with Crippen LogP contribution in [0.15, 0.2) is 24.3 Å². The summed E-state index contributed by atoms with van der Waals surface area (Å²) in [5.41, 5.74) is 0.445. The highest BCUT2D eigenvalue weighted by molar-refractivity contribution is 5.86. The lowest BCUT2D eigenvalue weighted by Crippen LogP contribution is -2.44. The summed E-state index contributed by atoms with van der Waals surface area (Å²) in [5.74, 6) is -0.171. The standard InChI is InChI=1S/C18H23NO5/c1-4-23-15(20)18(9-10-18)13-7-5-12(6-8-13)14-11-24-17(2,3)19(14)16(21)22/h5-8,14H,4,9-11H2,1-3H3,(H,21,22)/t14-/m1/s1. The lowest BCUT2D eigenvalue weighted by atomic mass is 9.93. The van der Waals surface area contributed by atoms with Gasteiger partial charge in [0.25, 0.3) is 0 Å². The van der Waals surface area contributed by atoms with Crippen molar-refractivity contribution < 1.29 is 24.2 Å². The molecule has 6 heteroatoms. The molecule has 2 fully saturated rings. The smallest absolute Gasteiger partial charge is 0.410 e. The molecule has 1 saturated carbocycles. The van der Waals surface area contributed by atoms with E-state index < -0.39 is 17.2 Å². The minimum Gasteiger partial charge on any atom is -0.465 e. The van der Waals surface area contributed by atoms with Crippen LogP contribution in [0.3, 0.4) is 0 Å². The lowest BCUT2D eigenvalue weighted by molar-refractivity contribution is -0.146. The van der Waals surface area contributed by atoms with E-state index in [2.05, 4.69) is 0 Å². The maximum absolute atomic E-state index is 12.2. The van der Waals surface area contributed by atoms with Crippen molar-refractivity contribution in [1.29, 1.82) is 0 Å². The fourth-order valence-electron chi connectivity index (χ4n) is 3.44. The van der Waals surface area contributed by atoms with Crippen LogP contribution in [-0.4, -0.2) is 41.0 Å². The predicted molar refractivity (Wildman–Crippen MR) is 86.6 cm³/mol. The molecule has 130 valence electrons. The number of carbonyl (C=O) groups excluding carboxylic acids is 1. The number of rotatable bonds is 4. The van der Waals surface area contributed by atoms with Gasteiger partial charge in [-0.15, -0.1) is 0 Å². The number of ether oxygens (including phenoxy) is 2. The molecule has 0 radical (unpaired) electrons. The highest BCUT2D eigenvalue weighted by Gasteiger charge is 2.53. The minimum atomic E-state index is -1.00. The number of carbonyl (C=O) groups is 2. The number of hydrogen-bond donors (Lipinski definition) is 1. The Morgan fingerprint density at radius 1 is 1.29 bits per heavy atom. The van der Waals surface area contributed by atoms with Crippen LogP contribution in [0.25, 0.3) is 0 Å². The first-order valence-corrected chi connectivity index (χ1v) is 8.26. The average Bonchev–Trinajstić information content (AvgIpc) is 3.27.